The van der Waals surface area contributed by atoms with Crippen LogP contribution in [0.1, 0.15) is 23.7 Å². The molecule has 1 unspecified atom stereocenters. The number of rotatable bonds is 2. The maximum Gasteiger partial charge on any atom is 0.233 e. The van der Waals surface area contributed by atoms with Crippen LogP contribution in [0, 0.1) is 0 Å². The van der Waals surface area contributed by atoms with Crippen LogP contribution < -0.4 is 10.6 Å². The quantitative estimate of drug-likeness (QED) is 0.498. The fourth-order valence-corrected chi connectivity index (χ4v) is 1.94. The number of hydrogen-bond acceptors (Lipinski definition) is 3. The van der Waals surface area contributed by atoms with Crippen LogP contribution in [-0.2, 0) is 9.59 Å². The summed E-state index contributed by atoms with van der Waals surface area (Å²) in [6.45, 7) is 1.73. The SMILES string of the molecule is CC(Br)C(=O)c1ccc2c(c1)NC(=O)CC(=O)N2. The Morgan fingerprint density at radius 3 is 2.44 bits per heavy atom. The Kier molecular flexibility index (Phi) is 3.47. The molecule has 0 spiro atoms. The summed E-state index contributed by atoms with van der Waals surface area (Å²) in [5, 5.41) is 5.20. The first-order valence-electron chi connectivity index (χ1n) is 5.39. The van der Waals surface area contributed by atoms with Crippen molar-refractivity contribution < 1.29 is 14.4 Å². The van der Waals surface area contributed by atoms with Crippen LogP contribution in [-0.4, -0.2) is 22.4 Å². The van der Waals surface area contributed by atoms with Crippen LogP contribution in [0.2, 0.25) is 0 Å². The largest absolute Gasteiger partial charge is 0.324 e. The highest BCUT2D eigenvalue weighted by Gasteiger charge is 2.20. The van der Waals surface area contributed by atoms with Gasteiger partial charge in [0.05, 0.1) is 16.2 Å². The van der Waals surface area contributed by atoms with Gasteiger partial charge in [-0.15, -0.1) is 0 Å². The summed E-state index contributed by atoms with van der Waals surface area (Å²) >= 11 is 3.20. The molecule has 0 aromatic heterocycles. The number of carbonyl (C=O) groups is 3. The standard InChI is InChI=1S/C12H11BrN2O3/c1-6(13)12(18)7-2-3-8-9(4-7)15-11(17)5-10(16)14-8/h2-4,6H,5H2,1H3,(H,14,16)(H,15,17). The van der Waals surface area contributed by atoms with Crippen molar-refractivity contribution in [1.82, 2.24) is 0 Å². The second kappa shape index (κ2) is 4.89. The van der Waals surface area contributed by atoms with Crippen LogP contribution >= 0.6 is 15.9 Å². The van der Waals surface area contributed by atoms with Crippen LogP contribution in [0.25, 0.3) is 0 Å². The van der Waals surface area contributed by atoms with Gasteiger partial charge in [-0.2, -0.15) is 0 Å². The van der Waals surface area contributed by atoms with Crippen molar-refractivity contribution in [3.63, 3.8) is 0 Å². The number of alkyl halides is 1. The number of amides is 2. The molecule has 5 nitrogen and oxygen atoms in total. The average molecular weight is 311 g/mol. The van der Waals surface area contributed by atoms with E-state index < -0.39 is 0 Å². The van der Waals surface area contributed by atoms with E-state index in [1.54, 1.807) is 25.1 Å². The number of hydrogen-bond donors (Lipinski definition) is 2. The molecule has 0 saturated carbocycles. The predicted octanol–water partition coefficient (Wildman–Crippen LogP) is 1.93. The lowest BCUT2D eigenvalue weighted by atomic mass is 10.1. The Morgan fingerprint density at radius 1 is 1.22 bits per heavy atom. The van der Waals surface area contributed by atoms with Gasteiger partial charge in [0.25, 0.3) is 0 Å². The van der Waals surface area contributed by atoms with Gasteiger partial charge in [-0.25, -0.2) is 0 Å². The molecule has 2 N–H and O–H groups in total. The van der Waals surface area contributed by atoms with Crippen LogP contribution in [0.3, 0.4) is 0 Å². The summed E-state index contributed by atoms with van der Waals surface area (Å²) in [6, 6.07) is 4.80. The Bertz CT molecular complexity index is 540. The van der Waals surface area contributed by atoms with Gasteiger partial charge in [-0.1, -0.05) is 15.9 Å². The summed E-state index contributed by atoms with van der Waals surface area (Å²) in [5.74, 6) is -0.829. The Hall–Kier alpha value is -1.69. The number of halogens is 1. The smallest absolute Gasteiger partial charge is 0.233 e. The molecule has 0 radical (unpaired) electrons. The van der Waals surface area contributed by atoms with Gasteiger partial charge in [0, 0.05) is 5.56 Å². The van der Waals surface area contributed by atoms with Crippen molar-refractivity contribution in [2.45, 2.75) is 18.2 Å². The first kappa shape index (κ1) is 12.8. The Morgan fingerprint density at radius 2 is 1.83 bits per heavy atom. The zero-order valence-electron chi connectivity index (χ0n) is 9.62. The van der Waals surface area contributed by atoms with Gasteiger partial charge in [0.1, 0.15) is 6.42 Å². The van der Waals surface area contributed by atoms with Gasteiger partial charge in [0.15, 0.2) is 5.78 Å². The number of Topliss-reactive ketones (excluding diaryl/α,β-unsaturated/α-hetero) is 1. The normalized spacial score (nSPS) is 16.1. The van der Waals surface area contributed by atoms with Crippen molar-refractivity contribution in [1.29, 1.82) is 0 Å². The van der Waals surface area contributed by atoms with E-state index >= 15 is 0 Å². The van der Waals surface area contributed by atoms with E-state index in [0.29, 0.717) is 16.9 Å². The maximum absolute atomic E-state index is 11.8. The lowest BCUT2D eigenvalue weighted by molar-refractivity contribution is -0.123. The molecule has 0 aliphatic carbocycles. The van der Waals surface area contributed by atoms with Gasteiger partial charge < -0.3 is 10.6 Å². The van der Waals surface area contributed by atoms with E-state index in [2.05, 4.69) is 26.6 Å². The van der Waals surface area contributed by atoms with E-state index in [0.717, 1.165) is 0 Å². The van der Waals surface area contributed by atoms with E-state index in [4.69, 9.17) is 0 Å². The number of nitrogens with one attached hydrogen (secondary N) is 2. The van der Waals surface area contributed by atoms with Crippen molar-refractivity contribution in [3.05, 3.63) is 23.8 Å². The van der Waals surface area contributed by atoms with E-state index in [-0.39, 0.29) is 28.8 Å². The molecule has 1 aliphatic heterocycles. The highest BCUT2D eigenvalue weighted by molar-refractivity contribution is 9.10. The molecule has 0 fully saturated rings. The highest BCUT2D eigenvalue weighted by Crippen LogP contribution is 2.26. The Balaban J connectivity index is 2.40. The fourth-order valence-electron chi connectivity index (χ4n) is 1.67. The molecule has 1 aliphatic rings. The van der Waals surface area contributed by atoms with Crippen LogP contribution in [0.5, 0.6) is 0 Å². The summed E-state index contributed by atoms with van der Waals surface area (Å²) < 4.78 is 0. The summed E-state index contributed by atoms with van der Waals surface area (Å²) in [4.78, 5) is 34.3. The number of fused-ring (bicyclic) bond motifs is 1. The minimum Gasteiger partial charge on any atom is -0.324 e. The lowest BCUT2D eigenvalue weighted by Gasteiger charge is -2.09. The zero-order valence-corrected chi connectivity index (χ0v) is 11.2. The van der Waals surface area contributed by atoms with Crippen molar-refractivity contribution in [2.24, 2.45) is 0 Å². The van der Waals surface area contributed by atoms with Gasteiger partial charge >= 0.3 is 0 Å². The number of benzene rings is 1. The van der Waals surface area contributed by atoms with Gasteiger partial charge in [0.2, 0.25) is 11.8 Å². The molecule has 94 valence electrons. The summed E-state index contributed by atoms with van der Waals surface area (Å²) in [5.41, 5.74) is 1.43. The minimum atomic E-state index is -0.386. The molecule has 1 heterocycles. The second-order valence-electron chi connectivity index (χ2n) is 4.01. The topological polar surface area (TPSA) is 75.3 Å². The van der Waals surface area contributed by atoms with Crippen molar-refractivity contribution in [3.8, 4) is 0 Å². The average Bonchev–Trinajstić information content (AvgIpc) is 2.43. The van der Waals surface area contributed by atoms with Crippen LogP contribution in [0.4, 0.5) is 11.4 Å². The molecular weight excluding hydrogens is 300 g/mol. The molecule has 1 atom stereocenters. The van der Waals surface area contributed by atoms with Crippen LogP contribution in [0.15, 0.2) is 18.2 Å². The third kappa shape index (κ3) is 2.59. The molecule has 6 heteroatoms. The van der Waals surface area contributed by atoms with Gasteiger partial charge in [-0.05, 0) is 25.1 Å². The molecule has 0 saturated heterocycles. The molecule has 1 aromatic carbocycles. The molecule has 1 aromatic rings. The first-order chi connectivity index (χ1) is 8.47. The maximum atomic E-state index is 11.8. The molecular formula is C12H11BrN2O3. The monoisotopic (exact) mass is 310 g/mol. The second-order valence-corrected chi connectivity index (χ2v) is 5.39. The van der Waals surface area contributed by atoms with E-state index in [9.17, 15) is 14.4 Å². The number of carbonyl (C=O) groups excluding carboxylic acids is 3. The molecule has 2 amide bonds. The fraction of sp³-hybridized carbons (Fsp3) is 0.250. The predicted molar refractivity (Wildman–Crippen MR) is 71.0 cm³/mol. The van der Waals surface area contributed by atoms with Gasteiger partial charge in [-0.3, -0.25) is 14.4 Å². The lowest BCUT2D eigenvalue weighted by Crippen LogP contribution is -2.16. The molecule has 0 bridgehead atoms. The summed E-state index contributed by atoms with van der Waals surface area (Å²) in [6.07, 6.45) is -0.215. The molecule has 2 rings (SSSR count). The third-order valence-corrected chi connectivity index (χ3v) is 2.95. The molecule has 18 heavy (non-hydrogen) atoms. The number of ketones is 1. The zero-order chi connectivity index (χ0) is 13.3. The number of anilines is 2. The highest BCUT2D eigenvalue weighted by atomic mass is 79.9. The van der Waals surface area contributed by atoms with Crippen molar-refractivity contribution >= 4 is 44.9 Å². The minimum absolute atomic E-state index is 0.0809. The Labute approximate surface area is 112 Å². The van der Waals surface area contributed by atoms with Crippen molar-refractivity contribution in [2.75, 3.05) is 10.6 Å². The first-order valence-corrected chi connectivity index (χ1v) is 6.31. The third-order valence-electron chi connectivity index (χ3n) is 2.53. The van der Waals surface area contributed by atoms with E-state index in [1.807, 2.05) is 0 Å². The summed E-state index contributed by atoms with van der Waals surface area (Å²) in [7, 11) is 0. The van der Waals surface area contributed by atoms with E-state index in [1.165, 1.54) is 0 Å².